The molecule has 0 unspecified atom stereocenters. The van der Waals surface area contributed by atoms with Gasteiger partial charge in [0.1, 0.15) is 0 Å². The van der Waals surface area contributed by atoms with E-state index in [1.807, 2.05) is 0 Å². The van der Waals surface area contributed by atoms with Gasteiger partial charge in [-0.1, -0.05) is 5.16 Å². The Kier molecular flexibility index (Phi) is 4.91. The molecule has 0 aliphatic carbocycles. The summed E-state index contributed by atoms with van der Waals surface area (Å²) in [6, 6.07) is 0. The van der Waals surface area contributed by atoms with Crippen LogP contribution >= 0.6 is 0 Å². The van der Waals surface area contributed by atoms with Gasteiger partial charge >= 0.3 is 5.97 Å². The molecule has 0 aromatic carbocycles. The van der Waals surface area contributed by atoms with Crippen molar-refractivity contribution in [2.24, 2.45) is 5.16 Å². The Labute approximate surface area is 121 Å². The van der Waals surface area contributed by atoms with Gasteiger partial charge in [-0.2, -0.15) is 0 Å². The maximum Gasteiger partial charge on any atom is 0.334 e. The molecule has 0 atom stereocenters. The summed E-state index contributed by atoms with van der Waals surface area (Å²) < 4.78 is 4.39. The van der Waals surface area contributed by atoms with Crippen LogP contribution in [0.3, 0.4) is 0 Å². The average molecular weight is 295 g/mol. The number of carbonyl (C=O) groups is 3. The van der Waals surface area contributed by atoms with E-state index < -0.39 is 11.9 Å². The van der Waals surface area contributed by atoms with E-state index in [1.54, 1.807) is 4.90 Å². The van der Waals surface area contributed by atoms with Crippen molar-refractivity contribution in [3.8, 4) is 0 Å². The number of methoxy groups -OCH3 is 1. The van der Waals surface area contributed by atoms with Crippen LogP contribution in [0.1, 0.15) is 25.7 Å². The van der Waals surface area contributed by atoms with Crippen LogP contribution in [0.2, 0.25) is 0 Å². The molecule has 0 aromatic rings. The minimum absolute atomic E-state index is 0.0305. The summed E-state index contributed by atoms with van der Waals surface area (Å²) in [6.07, 6.45) is 3.98. The highest BCUT2D eigenvalue weighted by molar-refractivity contribution is 6.12. The number of ether oxygens (including phenoxy) is 1. The summed E-state index contributed by atoms with van der Waals surface area (Å²) in [5, 5.41) is 6.07. The third-order valence-corrected chi connectivity index (χ3v) is 3.21. The number of likely N-dealkylation sites (tertiary alicyclic amines) is 1. The Bertz CT molecular complexity index is 506. The summed E-state index contributed by atoms with van der Waals surface area (Å²) in [5.41, 5.74) is 0. The first-order chi connectivity index (χ1) is 10.1. The molecule has 0 saturated carbocycles. The van der Waals surface area contributed by atoms with Crippen LogP contribution < -0.4 is 5.32 Å². The third-order valence-electron chi connectivity index (χ3n) is 3.21. The second-order valence-electron chi connectivity index (χ2n) is 4.73. The van der Waals surface area contributed by atoms with Crippen molar-refractivity contribution in [1.29, 1.82) is 0 Å². The smallest absolute Gasteiger partial charge is 0.334 e. The van der Waals surface area contributed by atoms with Crippen LogP contribution in [0, 0.1) is 0 Å². The van der Waals surface area contributed by atoms with Crippen LogP contribution in [-0.4, -0.2) is 48.7 Å². The van der Waals surface area contributed by atoms with Crippen molar-refractivity contribution in [3.05, 3.63) is 11.8 Å². The lowest BCUT2D eigenvalue weighted by atomic mass is 10.1. The lowest BCUT2D eigenvalue weighted by Gasteiger charge is -2.27. The fraction of sp³-hybridized carbons (Fsp3) is 0.538. The van der Waals surface area contributed by atoms with E-state index in [2.05, 4.69) is 15.2 Å². The summed E-state index contributed by atoms with van der Waals surface area (Å²) in [4.78, 5) is 41.3. The van der Waals surface area contributed by atoms with Gasteiger partial charge < -0.3 is 19.8 Å². The van der Waals surface area contributed by atoms with Gasteiger partial charge in [0.2, 0.25) is 11.7 Å². The number of esters is 1. The Balaban J connectivity index is 1.93. The molecule has 2 amide bonds. The molecule has 2 heterocycles. The Morgan fingerprint density at radius 1 is 1.38 bits per heavy atom. The van der Waals surface area contributed by atoms with E-state index in [0.717, 1.165) is 38.4 Å². The average Bonchev–Trinajstić information content (AvgIpc) is 2.50. The Hall–Kier alpha value is -2.38. The maximum absolute atomic E-state index is 12.0. The number of oxime groups is 1. The predicted molar refractivity (Wildman–Crippen MR) is 71.8 cm³/mol. The van der Waals surface area contributed by atoms with Crippen molar-refractivity contribution in [1.82, 2.24) is 10.2 Å². The molecule has 2 rings (SSSR count). The van der Waals surface area contributed by atoms with Crippen molar-refractivity contribution >= 4 is 23.6 Å². The minimum atomic E-state index is -0.719. The van der Waals surface area contributed by atoms with Gasteiger partial charge in [-0.25, -0.2) is 4.79 Å². The van der Waals surface area contributed by atoms with E-state index in [9.17, 15) is 14.4 Å². The van der Waals surface area contributed by atoms with Crippen LogP contribution in [0.4, 0.5) is 0 Å². The number of rotatable bonds is 3. The number of nitrogens with zero attached hydrogens (tertiary/aromatic N) is 2. The number of nitrogens with one attached hydrogen (secondary N) is 1. The van der Waals surface area contributed by atoms with E-state index in [4.69, 9.17) is 4.84 Å². The molecule has 1 N–H and O–H groups in total. The number of amidine groups is 1. The fourth-order valence-electron chi connectivity index (χ4n) is 2.09. The molecule has 1 fully saturated rings. The summed E-state index contributed by atoms with van der Waals surface area (Å²) in [6.45, 7) is 1.46. The first-order valence-electron chi connectivity index (χ1n) is 6.73. The molecule has 0 radical (unpaired) electrons. The molecule has 2 aliphatic heterocycles. The van der Waals surface area contributed by atoms with Gasteiger partial charge in [0.15, 0.2) is 5.84 Å². The zero-order valence-corrected chi connectivity index (χ0v) is 11.8. The van der Waals surface area contributed by atoms with E-state index in [-0.39, 0.29) is 23.9 Å². The van der Waals surface area contributed by atoms with Gasteiger partial charge in [0.25, 0.3) is 5.91 Å². The molecule has 0 bridgehead atoms. The largest absolute Gasteiger partial charge is 0.466 e. The molecular weight excluding hydrogens is 278 g/mol. The zero-order valence-electron chi connectivity index (χ0n) is 11.8. The van der Waals surface area contributed by atoms with Crippen LogP contribution in [-0.2, 0) is 24.0 Å². The fourth-order valence-corrected chi connectivity index (χ4v) is 2.09. The van der Waals surface area contributed by atoms with E-state index in [0.29, 0.717) is 0 Å². The van der Waals surface area contributed by atoms with Crippen molar-refractivity contribution < 1.29 is 24.0 Å². The number of carbonyl (C=O) groups excluding carboxylic acids is 3. The van der Waals surface area contributed by atoms with Gasteiger partial charge in [-0.3, -0.25) is 9.59 Å². The first kappa shape index (κ1) is 15.0. The number of hydrogen-bond acceptors (Lipinski definition) is 6. The minimum Gasteiger partial charge on any atom is -0.466 e. The summed E-state index contributed by atoms with van der Waals surface area (Å²) >= 11 is 0. The van der Waals surface area contributed by atoms with Crippen LogP contribution in [0.15, 0.2) is 17.0 Å². The molecular formula is C13H17N3O5. The topological polar surface area (TPSA) is 97.3 Å². The van der Waals surface area contributed by atoms with Crippen LogP contribution in [0.25, 0.3) is 0 Å². The second-order valence-corrected chi connectivity index (χ2v) is 4.73. The van der Waals surface area contributed by atoms with Gasteiger partial charge in [0, 0.05) is 13.1 Å². The standard InChI is InChI=1S/C13H17N3O5/c1-20-12(18)7-9-13(19)14-10(15-21-9)8-11(17)16-5-3-2-4-6-16/h7H,2-6,8H2,1H3,(H,14,15,19)/b9-7+. The molecule has 1 saturated heterocycles. The summed E-state index contributed by atoms with van der Waals surface area (Å²) in [5.74, 6) is -1.58. The molecule has 114 valence electrons. The van der Waals surface area contributed by atoms with Gasteiger partial charge in [-0.15, -0.1) is 0 Å². The maximum atomic E-state index is 12.0. The second kappa shape index (κ2) is 6.87. The lowest BCUT2D eigenvalue weighted by molar-refractivity contribution is -0.136. The molecule has 2 aliphatic rings. The SMILES string of the molecule is COC(=O)/C=C1/ON=C(CC(=O)N2CCCCC2)NC1=O. The monoisotopic (exact) mass is 295 g/mol. The Morgan fingerprint density at radius 2 is 2.10 bits per heavy atom. The summed E-state index contributed by atoms with van der Waals surface area (Å²) in [7, 11) is 1.19. The quantitative estimate of drug-likeness (QED) is 0.579. The molecule has 0 aromatic heterocycles. The van der Waals surface area contributed by atoms with E-state index >= 15 is 0 Å². The lowest BCUT2D eigenvalue weighted by Crippen LogP contribution is -2.42. The van der Waals surface area contributed by atoms with E-state index in [1.165, 1.54) is 7.11 Å². The third kappa shape index (κ3) is 4.04. The molecule has 21 heavy (non-hydrogen) atoms. The number of piperidine rings is 1. The highest BCUT2D eigenvalue weighted by Gasteiger charge is 2.25. The Morgan fingerprint density at radius 3 is 2.71 bits per heavy atom. The van der Waals surface area contributed by atoms with Gasteiger partial charge in [0.05, 0.1) is 19.6 Å². The van der Waals surface area contributed by atoms with Crippen molar-refractivity contribution in [2.75, 3.05) is 20.2 Å². The highest BCUT2D eigenvalue weighted by atomic mass is 16.6. The highest BCUT2D eigenvalue weighted by Crippen LogP contribution is 2.11. The first-order valence-corrected chi connectivity index (χ1v) is 6.73. The molecule has 8 heteroatoms. The molecule has 0 spiro atoms. The normalized spacial score (nSPS) is 20.4. The number of hydrogen-bond donors (Lipinski definition) is 1. The predicted octanol–water partition coefficient (Wildman–Crippen LogP) is -0.0942. The molecule has 8 nitrogen and oxygen atoms in total. The zero-order chi connectivity index (χ0) is 15.2. The number of amides is 2. The van der Waals surface area contributed by atoms with Crippen molar-refractivity contribution in [2.45, 2.75) is 25.7 Å². The van der Waals surface area contributed by atoms with Crippen molar-refractivity contribution in [3.63, 3.8) is 0 Å². The van der Waals surface area contributed by atoms with Crippen LogP contribution in [0.5, 0.6) is 0 Å². The van der Waals surface area contributed by atoms with Gasteiger partial charge in [-0.05, 0) is 19.3 Å².